The van der Waals surface area contributed by atoms with Crippen molar-refractivity contribution in [2.24, 2.45) is 0 Å². The smallest absolute Gasteiger partial charge is 0.264 e. The van der Waals surface area contributed by atoms with E-state index in [0.717, 1.165) is 5.56 Å². The summed E-state index contributed by atoms with van der Waals surface area (Å²) >= 11 is 7.35. The van der Waals surface area contributed by atoms with Crippen LogP contribution in [0.1, 0.15) is 39.4 Å². The lowest BCUT2D eigenvalue weighted by atomic mass is 10.1. The predicted molar refractivity (Wildman–Crippen MR) is 104 cm³/mol. The molecule has 1 fully saturated rings. The van der Waals surface area contributed by atoms with Gasteiger partial charge >= 0.3 is 0 Å². The van der Waals surface area contributed by atoms with Gasteiger partial charge in [-0.1, -0.05) is 23.7 Å². The van der Waals surface area contributed by atoms with Gasteiger partial charge < -0.3 is 15.0 Å². The summed E-state index contributed by atoms with van der Waals surface area (Å²) < 4.78 is 5.67. The maximum absolute atomic E-state index is 12.9. The van der Waals surface area contributed by atoms with Crippen LogP contribution in [0, 0.1) is 6.92 Å². The third-order valence-electron chi connectivity index (χ3n) is 4.18. The van der Waals surface area contributed by atoms with E-state index in [1.807, 2.05) is 31.7 Å². The van der Waals surface area contributed by atoms with E-state index in [0.29, 0.717) is 40.2 Å². The fourth-order valence-corrected chi connectivity index (χ4v) is 4.17. The maximum Gasteiger partial charge on any atom is 0.264 e. The summed E-state index contributed by atoms with van der Waals surface area (Å²) in [5.41, 5.74) is 0.905. The Kier molecular flexibility index (Phi) is 5.37. The molecule has 1 N–H and O–H groups in total. The van der Waals surface area contributed by atoms with Crippen LogP contribution in [0.3, 0.4) is 0 Å². The summed E-state index contributed by atoms with van der Waals surface area (Å²) in [5.74, 6) is -0.314. The molecule has 0 aliphatic carbocycles. The number of rotatable bonds is 3. The van der Waals surface area contributed by atoms with E-state index in [9.17, 15) is 9.59 Å². The maximum atomic E-state index is 12.9. The molecule has 5 nitrogen and oxygen atoms in total. The Balaban J connectivity index is 1.76. The second-order valence-electron chi connectivity index (χ2n) is 6.89. The van der Waals surface area contributed by atoms with E-state index >= 15 is 0 Å². The number of ether oxygens (including phenoxy) is 1. The molecule has 1 aliphatic heterocycles. The zero-order chi connectivity index (χ0) is 18.9. The molecule has 0 spiro atoms. The van der Waals surface area contributed by atoms with Gasteiger partial charge in [-0.3, -0.25) is 9.59 Å². The summed E-state index contributed by atoms with van der Waals surface area (Å²) in [5, 5.41) is 3.86. The first-order valence-corrected chi connectivity index (χ1v) is 9.56. The molecule has 3 rings (SSSR count). The number of aryl methyl sites for hydroxylation is 1. The number of anilines is 1. The summed E-state index contributed by atoms with van der Waals surface area (Å²) in [7, 11) is 0. The minimum atomic E-state index is -0.347. The normalized spacial score (nSPS) is 16.4. The van der Waals surface area contributed by atoms with Crippen molar-refractivity contribution in [2.45, 2.75) is 26.4 Å². The molecule has 1 aromatic heterocycles. The number of thiophene rings is 1. The van der Waals surface area contributed by atoms with Crippen LogP contribution in [0.15, 0.2) is 30.3 Å². The number of nitrogens with one attached hydrogen (secondary N) is 1. The van der Waals surface area contributed by atoms with Crippen molar-refractivity contribution >= 4 is 39.8 Å². The van der Waals surface area contributed by atoms with Gasteiger partial charge in [-0.25, -0.2) is 0 Å². The highest BCUT2D eigenvalue weighted by Crippen LogP contribution is 2.30. The van der Waals surface area contributed by atoms with Crippen LogP contribution in [0.4, 0.5) is 5.00 Å². The summed E-state index contributed by atoms with van der Waals surface area (Å²) in [6, 6.07) is 8.69. The van der Waals surface area contributed by atoms with Gasteiger partial charge in [0.15, 0.2) is 0 Å². The minimum Gasteiger partial charge on any atom is -0.372 e. The van der Waals surface area contributed by atoms with E-state index in [1.165, 1.54) is 11.3 Å². The number of hydrogen-bond donors (Lipinski definition) is 1. The fourth-order valence-electron chi connectivity index (χ4n) is 2.91. The molecule has 0 bridgehead atoms. The molecule has 0 radical (unpaired) electrons. The summed E-state index contributed by atoms with van der Waals surface area (Å²) in [4.78, 5) is 27.7. The number of hydrogen-bond acceptors (Lipinski definition) is 4. The molecule has 2 amide bonds. The van der Waals surface area contributed by atoms with Crippen molar-refractivity contribution in [1.82, 2.24) is 4.90 Å². The lowest BCUT2D eigenvalue weighted by Crippen LogP contribution is -2.50. The monoisotopic (exact) mass is 392 g/mol. The zero-order valence-electron chi connectivity index (χ0n) is 15.0. The third-order valence-corrected chi connectivity index (χ3v) is 5.65. The minimum absolute atomic E-state index is 0.0258. The van der Waals surface area contributed by atoms with Gasteiger partial charge in [-0.2, -0.15) is 0 Å². The van der Waals surface area contributed by atoms with Crippen LogP contribution in [0.2, 0.25) is 5.02 Å². The largest absolute Gasteiger partial charge is 0.372 e. The van der Waals surface area contributed by atoms with Crippen LogP contribution in [0.25, 0.3) is 0 Å². The second-order valence-corrected chi connectivity index (χ2v) is 8.35. The molecule has 1 aromatic carbocycles. The second kappa shape index (κ2) is 7.39. The Bertz CT molecular complexity index is 847. The topological polar surface area (TPSA) is 58.6 Å². The lowest BCUT2D eigenvalue weighted by molar-refractivity contribution is -0.0763. The van der Waals surface area contributed by atoms with Crippen molar-refractivity contribution < 1.29 is 14.3 Å². The van der Waals surface area contributed by atoms with Crippen LogP contribution >= 0.6 is 22.9 Å². The van der Waals surface area contributed by atoms with E-state index < -0.39 is 0 Å². The fraction of sp³-hybridized carbons (Fsp3) is 0.368. The Hall–Kier alpha value is -1.89. The number of halogens is 1. The zero-order valence-corrected chi connectivity index (χ0v) is 16.5. The number of carbonyl (C=O) groups excluding carboxylic acids is 2. The van der Waals surface area contributed by atoms with Gasteiger partial charge in [-0.15, -0.1) is 11.3 Å². The third kappa shape index (κ3) is 4.09. The molecule has 7 heteroatoms. The van der Waals surface area contributed by atoms with Crippen LogP contribution < -0.4 is 5.32 Å². The quantitative estimate of drug-likeness (QED) is 0.851. The van der Waals surface area contributed by atoms with Gasteiger partial charge in [0.25, 0.3) is 11.8 Å². The number of carbonyl (C=O) groups is 2. The average Bonchev–Trinajstić information content (AvgIpc) is 2.93. The van der Waals surface area contributed by atoms with Crippen molar-refractivity contribution in [1.29, 1.82) is 0 Å². The Morgan fingerprint density at radius 1 is 1.31 bits per heavy atom. The van der Waals surface area contributed by atoms with Crippen molar-refractivity contribution in [3.63, 3.8) is 0 Å². The SMILES string of the molecule is Cc1cc(NC(=O)c2ccccc2Cl)sc1C(=O)N1CCOC(C)(C)C1. The van der Waals surface area contributed by atoms with E-state index in [1.54, 1.807) is 24.3 Å². The molecule has 26 heavy (non-hydrogen) atoms. The molecule has 1 aliphatic rings. The number of nitrogens with zero attached hydrogens (tertiary/aromatic N) is 1. The van der Waals surface area contributed by atoms with Crippen LogP contribution in [0.5, 0.6) is 0 Å². The Morgan fingerprint density at radius 3 is 2.73 bits per heavy atom. The van der Waals surface area contributed by atoms with Gasteiger partial charge in [-0.05, 0) is 44.5 Å². The highest BCUT2D eigenvalue weighted by molar-refractivity contribution is 7.18. The highest BCUT2D eigenvalue weighted by Gasteiger charge is 2.31. The molecule has 0 saturated carbocycles. The van der Waals surface area contributed by atoms with Gasteiger partial charge in [0.05, 0.1) is 32.7 Å². The van der Waals surface area contributed by atoms with Gasteiger partial charge in [0, 0.05) is 13.1 Å². The van der Waals surface area contributed by atoms with E-state index in [2.05, 4.69) is 5.32 Å². The first-order chi connectivity index (χ1) is 12.3. The Morgan fingerprint density at radius 2 is 2.04 bits per heavy atom. The molecular weight excluding hydrogens is 372 g/mol. The van der Waals surface area contributed by atoms with Crippen LogP contribution in [-0.4, -0.2) is 42.0 Å². The molecule has 0 atom stereocenters. The van der Waals surface area contributed by atoms with E-state index in [-0.39, 0.29) is 17.4 Å². The summed E-state index contributed by atoms with van der Waals surface area (Å²) in [6.07, 6.45) is 0. The van der Waals surface area contributed by atoms with Gasteiger partial charge in [0.1, 0.15) is 0 Å². The first kappa shape index (κ1) is 18.9. The number of amides is 2. The van der Waals surface area contributed by atoms with Crippen molar-refractivity contribution in [3.8, 4) is 0 Å². The lowest BCUT2D eigenvalue weighted by Gasteiger charge is -2.38. The van der Waals surface area contributed by atoms with Crippen molar-refractivity contribution in [2.75, 3.05) is 25.0 Å². The molecule has 0 unspecified atom stereocenters. The Labute approximate surface area is 161 Å². The number of benzene rings is 1. The predicted octanol–water partition coefficient (Wildman–Crippen LogP) is 4.21. The molecule has 1 saturated heterocycles. The van der Waals surface area contributed by atoms with Crippen LogP contribution in [-0.2, 0) is 4.74 Å². The van der Waals surface area contributed by atoms with Crippen molar-refractivity contribution in [3.05, 3.63) is 51.4 Å². The molecular formula is C19H21ClN2O3S. The molecule has 138 valence electrons. The highest BCUT2D eigenvalue weighted by atomic mass is 35.5. The van der Waals surface area contributed by atoms with E-state index in [4.69, 9.17) is 16.3 Å². The molecule has 2 aromatic rings. The van der Waals surface area contributed by atoms with Gasteiger partial charge in [0.2, 0.25) is 0 Å². The summed E-state index contributed by atoms with van der Waals surface area (Å²) in [6.45, 7) is 7.47. The average molecular weight is 393 g/mol. The number of morpholine rings is 1. The first-order valence-electron chi connectivity index (χ1n) is 8.36. The molecule has 2 heterocycles. The standard InChI is InChI=1S/C19H21ClN2O3S/c1-12-10-15(21-17(23)13-6-4-5-7-14(13)20)26-16(12)18(24)22-8-9-25-19(2,3)11-22/h4-7,10H,8-9,11H2,1-3H3,(H,21,23).